The van der Waals surface area contributed by atoms with Crippen molar-refractivity contribution >= 4 is 21.9 Å². The molecule has 0 radical (unpaired) electrons. The van der Waals surface area contributed by atoms with E-state index in [0.717, 1.165) is 15.8 Å². The fourth-order valence-corrected chi connectivity index (χ4v) is 2.00. The summed E-state index contributed by atoms with van der Waals surface area (Å²) in [5, 5.41) is 0. The van der Waals surface area contributed by atoms with Crippen LogP contribution in [0.25, 0.3) is 0 Å². The first-order valence-electron chi connectivity index (χ1n) is 4.81. The number of rotatable bonds is 2. The predicted molar refractivity (Wildman–Crippen MR) is 59.0 cm³/mol. The van der Waals surface area contributed by atoms with Crippen molar-refractivity contribution in [1.29, 1.82) is 0 Å². The molecular formula is C11H11BrO3. The number of esters is 1. The van der Waals surface area contributed by atoms with E-state index in [9.17, 15) is 4.79 Å². The van der Waals surface area contributed by atoms with E-state index in [1.54, 1.807) is 6.92 Å². The zero-order valence-electron chi connectivity index (χ0n) is 8.33. The molecule has 1 aliphatic rings. The number of benzene rings is 1. The summed E-state index contributed by atoms with van der Waals surface area (Å²) >= 11 is 3.37. The van der Waals surface area contributed by atoms with Crippen molar-refractivity contribution in [2.24, 2.45) is 0 Å². The van der Waals surface area contributed by atoms with Gasteiger partial charge in [0.25, 0.3) is 0 Å². The van der Waals surface area contributed by atoms with Crippen LogP contribution in [0.5, 0.6) is 5.75 Å². The molecule has 1 heterocycles. The van der Waals surface area contributed by atoms with Crippen LogP contribution in [0.4, 0.5) is 0 Å². The van der Waals surface area contributed by atoms with Gasteiger partial charge in [-0.3, -0.25) is 4.79 Å². The molecule has 0 saturated carbocycles. The highest BCUT2D eigenvalue weighted by Gasteiger charge is 2.31. The standard InChI is InChI=1S/C11H11BrO3/c1-2-14-11(13)9-6-15-10-4-3-7(12)5-8(9)10/h3-5,9H,2,6H2,1H3/t9-/m1/s1. The lowest BCUT2D eigenvalue weighted by atomic mass is 10.0. The summed E-state index contributed by atoms with van der Waals surface area (Å²) in [6.45, 7) is 2.58. The molecule has 0 aliphatic carbocycles. The van der Waals surface area contributed by atoms with Crippen LogP contribution in [0.2, 0.25) is 0 Å². The molecule has 0 N–H and O–H groups in total. The largest absolute Gasteiger partial charge is 0.492 e. The molecule has 0 aromatic heterocycles. The van der Waals surface area contributed by atoms with Gasteiger partial charge >= 0.3 is 5.97 Å². The Labute approximate surface area is 96.5 Å². The summed E-state index contributed by atoms with van der Waals surface area (Å²) in [7, 11) is 0. The van der Waals surface area contributed by atoms with Gasteiger partial charge in [-0.2, -0.15) is 0 Å². The first kappa shape index (κ1) is 10.5. The molecule has 1 aromatic rings. The van der Waals surface area contributed by atoms with Gasteiger partial charge < -0.3 is 9.47 Å². The van der Waals surface area contributed by atoms with Crippen molar-refractivity contribution in [3.8, 4) is 5.75 Å². The van der Waals surface area contributed by atoms with E-state index < -0.39 is 0 Å². The molecule has 4 heteroatoms. The molecule has 1 atom stereocenters. The molecule has 80 valence electrons. The van der Waals surface area contributed by atoms with E-state index in [1.165, 1.54) is 0 Å². The first-order valence-corrected chi connectivity index (χ1v) is 5.60. The Kier molecular flexibility index (Phi) is 2.95. The highest BCUT2D eigenvalue weighted by atomic mass is 79.9. The second kappa shape index (κ2) is 4.23. The van der Waals surface area contributed by atoms with E-state index in [-0.39, 0.29) is 11.9 Å². The van der Waals surface area contributed by atoms with Crippen LogP contribution >= 0.6 is 15.9 Å². The van der Waals surface area contributed by atoms with Crippen molar-refractivity contribution in [3.05, 3.63) is 28.2 Å². The number of carbonyl (C=O) groups is 1. The zero-order valence-corrected chi connectivity index (χ0v) is 9.91. The second-order valence-corrected chi connectivity index (χ2v) is 4.21. The molecule has 0 unspecified atom stereocenters. The molecule has 0 amide bonds. The topological polar surface area (TPSA) is 35.5 Å². The predicted octanol–water partition coefficient (Wildman–Crippen LogP) is 2.49. The van der Waals surface area contributed by atoms with E-state index in [0.29, 0.717) is 13.2 Å². The maximum Gasteiger partial charge on any atom is 0.317 e. The molecule has 0 bridgehead atoms. The third kappa shape index (κ3) is 2.00. The summed E-state index contributed by atoms with van der Waals surface area (Å²) in [4.78, 5) is 11.6. The number of fused-ring (bicyclic) bond motifs is 1. The smallest absolute Gasteiger partial charge is 0.317 e. The summed E-state index contributed by atoms with van der Waals surface area (Å²) in [6, 6.07) is 5.66. The number of carbonyl (C=O) groups excluding carboxylic acids is 1. The van der Waals surface area contributed by atoms with Gasteiger partial charge in [0.15, 0.2) is 0 Å². The van der Waals surface area contributed by atoms with E-state index in [1.807, 2.05) is 18.2 Å². The third-order valence-electron chi connectivity index (χ3n) is 2.32. The summed E-state index contributed by atoms with van der Waals surface area (Å²) < 4.78 is 11.3. The maximum atomic E-state index is 11.6. The Bertz CT molecular complexity index is 389. The van der Waals surface area contributed by atoms with Crippen LogP contribution in [-0.2, 0) is 9.53 Å². The third-order valence-corrected chi connectivity index (χ3v) is 2.82. The van der Waals surface area contributed by atoms with Crippen LogP contribution in [0.1, 0.15) is 18.4 Å². The Morgan fingerprint density at radius 1 is 1.67 bits per heavy atom. The minimum atomic E-state index is -0.280. The Morgan fingerprint density at radius 2 is 2.47 bits per heavy atom. The minimum absolute atomic E-state index is 0.214. The highest BCUT2D eigenvalue weighted by molar-refractivity contribution is 9.10. The quantitative estimate of drug-likeness (QED) is 0.775. The molecule has 2 rings (SSSR count). The lowest BCUT2D eigenvalue weighted by molar-refractivity contribution is -0.145. The number of hydrogen-bond donors (Lipinski definition) is 0. The van der Waals surface area contributed by atoms with Crippen molar-refractivity contribution in [2.45, 2.75) is 12.8 Å². The van der Waals surface area contributed by atoms with Crippen LogP contribution in [0.3, 0.4) is 0 Å². The normalized spacial score (nSPS) is 18.1. The van der Waals surface area contributed by atoms with Crippen LogP contribution in [0.15, 0.2) is 22.7 Å². The van der Waals surface area contributed by atoms with Gasteiger partial charge in [-0.1, -0.05) is 15.9 Å². The van der Waals surface area contributed by atoms with Gasteiger partial charge in [0.1, 0.15) is 18.3 Å². The van der Waals surface area contributed by atoms with Gasteiger partial charge in [-0.15, -0.1) is 0 Å². The SMILES string of the molecule is CCOC(=O)[C@@H]1COc2ccc(Br)cc21. The monoisotopic (exact) mass is 270 g/mol. The molecular weight excluding hydrogens is 260 g/mol. The zero-order chi connectivity index (χ0) is 10.8. The fraction of sp³-hybridized carbons (Fsp3) is 0.364. The van der Waals surface area contributed by atoms with Crippen molar-refractivity contribution < 1.29 is 14.3 Å². The molecule has 1 aromatic carbocycles. The van der Waals surface area contributed by atoms with Crippen LogP contribution < -0.4 is 4.74 Å². The minimum Gasteiger partial charge on any atom is -0.492 e. The van der Waals surface area contributed by atoms with Crippen molar-refractivity contribution in [2.75, 3.05) is 13.2 Å². The fourth-order valence-electron chi connectivity index (χ4n) is 1.62. The average molecular weight is 271 g/mol. The van der Waals surface area contributed by atoms with Crippen LogP contribution in [-0.4, -0.2) is 19.2 Å². The molecule has 0 fully saturated rings. The van der Waals surface area contributed by atoms with Crippen molar-refractivity contribution in [3.63, 3.8) is 0 Å². The lowest BCUT2D eigenvalue weighted by Crippen LogP contribution is -2.17. The highest BCUT2D eigenvalue weighted by Crippen LogP contribution is 2.36. The van der Waals surface area contributed by atoms with Crippen molar-refractivity contribution in [1.82, 2.24) is 0 Å². The molecule has 0 saturated heterocycles. The number of ether oxygens (including phenoxy) is 2. The molecule has 3 nitrogen and oxygen atoms in total. The van der Waals surface area contributed by atoms with E-state index in [2.05, 4.69) is 15.9 Å². The lowest BCUT2D eigenvalue weighted by Gasteiger charge is -2.07. The Balaban J connectivity index is 2.27. The van der Waals surface area contributed by atoms with E-state index >= 15 is 0 Å². The molecule has 1 aliphatic heterocycles. The summed E-state index contributed by atoms with van der Waals surface area (Å²) in [6.07, 6.45) is 0. The summed E-state index contributed by atoms with van der Waals surface area (Å²) in [5.74, 6) is 0.281. The maximum absolute atomic E-state index is 11.6. The average Bonchev–Trinajstić information content (AvgIpc) is 2.60. The Morgan fingerprint density at radius 3 is 3.20 bits per heavy atom. The number of hydrogen-bond acceptors (Lipinski definition) is 3. The van der Waals surface area contributed by atoms with Gasteiger partial charge in [0.05, 0.1) is 6.61 Å². The van der Waals surface area contributed by atoms with Gasteiger partial charge in [0.2, 0.25) is 0 Å². The van der Waals surface area contributed by atoms with Gasteiger partial charge in [-0.05, 0) is 25.1 Å². The first-order chi connectivity index (χ1) is 7.22. The molecule has 0 spiro atoms. The van der Waals surface area contributed by atoms with Gasteiger partial charge in [0, 0.05) is 10.0 Å². The van der Waals surface area contributed by atoms with Gasteiger partial charge in [-0.25, -0.2) is 0 Å². The second-order valence-electron chi connectivity index (χ2n) is 3.30. The Hall–Kier alpha value is -1.03. The summed E-state index contributed by atoms with van der Waals surface area (Å²) in [5.41, 5.74) is 0.905. The van der Waals surface area contributed by atoms with Crippen LogP contribution in [0, 0.1) is 0 Å². The molecule has 15 heavy (non-hydrogen) atoms. The number of halogens is 1. The van der Waals surface area contributed by atoms with E-state index in [4.69, 9.17) is 9.47 Å².